The molecule has 0 fully saturated rings. The quantitative estimate of drug-likeness (QED) is 0.931. The van der Waals surface area contributed by atoms with E-state index < -0.39 is 0 Å². The molecule has 0 saturated carbocycles. The van der Waals surface area contributed by atoms with Crippen LogP contribution in [0, 0.1) is 0 Å². The third kappa shape index (κ3) is 3.56. The molecule has 0 aliphatic heterocycles. The van der Waals surface area contributed by atoms with Gasteiger partial charge >= 0.3 is 0 Å². The van der Waals surface area contributed by atoms with Crippen molar-refractivity contribution in [2.24, 2.45) is 5.73 Å². The van der Waals surface area contributed by atoms with Crippen molar-refractivity contribution in [3.05, 3.63) is 52.6 Å². The Labute approximate surface area is 114 Å². The van der Waals surface area contributed by atoms with Crippen LogP contribution in [0.2, 0.25) is 0 Å². The number of aromatic nitrogens is 1. The number of nitrogens with two attached hydrogens (primary N) is 1. The van der Waals surface area contributed by atoms with Crippen LogP contribution in [0.25, 0.3) is 0 Å². The molecular formula is C13H13BrN2S. The predicted molar refractivity (Wildman–Crippen MR) is 75.1 cm³/mol. The van der Waals surface area contributed by atoms with Crippen molar-refractivity contribution in [3.8, 4) is 0 Å². The van der Waals surface area contributed by atoms with Crippen molar-refractivity contribution in [1.82, 2.24) is 4.98 Å². The molecule has 1 aromatic carbocycles. The number of pyridine rings is 1. The molecule has 1 heterocycles. The maximum absolute atomic E-state index is 5.81. The Hall–Kier alpha value is -0.840. The smallest absolute Gasteiger partial charge is 0.101 e. The molecule has 17 heavy (non-hydrogen) atoms. The van der Waals surface area contributed by atoms with E-state index in [1.54, 1.807) is 18.0 Å². The number of halogens is 1. The lowest BCUT2D eigenvalue weighted by molar-refractivity contribution is 0.817. The van der Waals surface area contributed by atoms with Gasteiger partial charge in [0.25, 0.3) is 0 Å². The van der Waals surface area contributed by atoms with Gasteiger partial charge in [-0.3, -0.25) is 0 Å². The van der Waals surface area contributed by atoms with Gasteiger partial charge in [0.05, 0.1) is 0 Å². The zero-order valence-electron chi connectivity index (χ0n) is 9.43. The van der Waals surface area contributed by atoms with Gasteiger partial charge in [0.1, 0.15) is 5.03 Å². The fraction of sp³-hybridized carbons (Fsp3) is 0.154. The molecule has 2 nitrogen and oxygen atoms in total. The van der Waals surface area contributed by atoms with Crippen LogP contribution in [0.3, 0.4) is 0 Å². The first-order valence-corrected chi connectivity index (χ1v) is 6.91. The topological polar surface area (TPSA) is 38.9 Å². The van der Waals surface area contributed by atoms with Crippen molar-refractivity contribution in [2.45, 2.75) is 22.9 Å². The first kappa shape index (κ1) is 12.6. The van der Waals surface area contributed by atoms with E-state index in [2.05, 4.69) is 45.2 Å². The molecule has 4 heteroatoms. The Bertz CT molecular complexity index is 480. The lowest BCUT2D eigenvalue weighted by atomic mass is 10.1. The predicted octanol–water partition coefficient (Wildman–Crippen LogP) is 4.02. The van der Waals surface area contributed by atoms with Gasteiger partial charge in [0.15, 0.2) is 0 Å². The van der Waals surface area contributed by atoms with Crippen molar-refractivity contribution in [2.75, 3.05) is 0 Å². The largest absolute Gasteiger partial charge is 0.324 e. The summed E-state index contributed by atoms with van der Waals surface area (Å²) in [5, 5.41) is 0.988. The van der Waals surface area contributed by atoms with Crippen LogP contribution in [-0.4, -0.2) is 4.98 Å². The third-order valence-electron chi connectivity index (χ3n) is 2.33. The second kappa shape index (κ2) is 5.67. The van der Waals surface area contributed by atoms with Crippen LogP contribution in [0.15, 0.2) is 57.0 Å². The zero-order chi connectivity index (χ0) is 12.3. The Kier molecular flexibility index (Phi) is 4.20. The van der Waals surface area contributed by atoms with Crippen molar-refractivity contribution < 1.29 is 0 Å². The number of hydrogen-bond donors (Lipinski definition) is 1. The molecule has 1 unspecified atom stereocenters. The highest BCUT2D eigenvalue weighted by atomic mass is 79.9. The summed E-state index contributed by atoms with van der Waals surface area (Å²) in [6.45, 7) is 1.98. The molecule has 0 radical (unpaired) electrons. The summed E-state index contributed by atoms with van der Waals surface area (Å²) >= 11 is 5.01. The van der Waals surface area contributed by atoms with Gasteiger partial charge < -0.3 is 5.73 Å². The Morgan fingerprint density at radius 1 is 1.18 bits per heavy atom. The van der Waals surface area contributed by atoms with E-state index in [0.717, 1.165) is 15.1 Å². The fourth-order valence-electron chi connectivity index (χ4n) is 1.38. The Morgan fingerprint density at radius 3 is 2.41 bits per heavy atom. The average Bonchev–Trinajstić information content (AvgIpc) is 2.33. The van der Waals surface area contributed by atoms with Crippen LogP contribution in [0.4, 0.5) is 0 Å². The molecule has 2 rings (SSSR count). The minimum Gasteiger partial charge on any atom is -0.324 e. The Morgan fingerprint density at radius 2 is 1.88 bits per heavy atom. The summed E-state index contributed by atoms with van der Waals surface area (Å²) in [6.07, 6.45) is 1.80. The monoisotopic (exact) mass is 308 g/mol. The molecule has 0 aliphatic rings. The maximum atomic E-state index is 5.81. The maximum Gasteiger partial charge on any atom is 0.101 e. The van der Waals surface area contributed by atoms with Crippen molar-refractivity contribution in [1.29, 1.82) is 0 Å². The van der Waals surface area contributed by atoms with E-state index in [0.29, 0.717) is 0 Å². The summed E-state index contributed by atoms with van der Waals surface area (Å²) < 4.78 is 0.995. The molecule has 0 spiro atoms. The van der Waals surface area contributed by atoms with E-state index in [1.165, 1.54) is 4.90 Å². The second-order valence-corrected chi connectivity index (χ2v) is 5.78. The zero-order valence-corrected chi connectivity index (χ0v) is 11.8. The number of hydrogen-bond acceptors (Lipinski definition) is 3. The summed E-state index contributed by atoms with van der Waals surface area (Å²) in [5.41, 5.74) is 6.96. The molecular weight excluding hydrogens is 296 g/mol. The lowest BCUT2D eigenvalue weighted by Gasteiger charge is -2.06. The van der Waals surface area contributed by atoms with E-state index >= 15 is 0 Å². The Balaban J connectivity index is 2.11. The van der Waals surface area contributed by atoms with Crippen LogP contribution in [0.1, 0.15) is 18.5 Å². The highest BCUT2D eigenvalue weighted by molar-refractivity contribution is 9.10. The van der Waals surface area contributed by atoms with Gasteiger partial charge in [-0.1, -0.05) is 23.9 Å². The molecule has 1 atom stereocenters. The van der Waals surface area contributed by atoms with Gasteiger partial charge in [-0.05, 0) is 52.7 Å². The number of benzene rings is 1. The summed E-state index contributed by atoms with van der Waals surface area (Å²) in [5.74, 6) is 0. The highest BCUT2D eigenvalue weighted by Crippen LogP contribution is 2.27. The summed E-state index contributed by atoms with van der Waals surface area (Å²) in [4.78, 5) is 5.49. The van der Waals surface area contributed by atoms with Gasteiger partial charge in [-0.25, -0.2) is 4.98 Å². The minimum absolute atomic E-state index is 0.0832. The second-order valence-electron chi connectivity index (χ2n) is 3.77. The number of nitrogens with zero attached hydrogens (tertiary/aromatic N) is 1. The standard InChI is InChI=1S/C13H13BrN2S/c1-9(15)10-2-5-12(6-3-10)17-13-7-4-11(14)8-16-13/h2-9H,15H2,1H3. The highest BCUT2D eigenvalue weighted by Gasteiger charge is 2.01. The lowest BCUT2D eigenvalue weighted by Crippen LogP contribution is -2.04. The molecule has 0 aliphatic carbocycles. The van der Waals surface area contributed by atoms with E-state index in [-0.39, 0.29) is 6.04 Å². The van der Waals surface area contributed by atoms with Crippen LogP contribution >= 0.6 is 27.7 Å². The summed E-state index contributed by atoms with van der Waals surface area (Å²) in [7, 11) is 0. The van der Waals surface area contributed by atoms with Gasteiger partial charge in [0.2, 0.25) is 0 Å². The van der Waals surface area contributed by atoms with E-state index in [1.807, 2.05) is 19.1 Å². The average molecular weight is 309 g/mol. The molecule has 2 N–H and O–H groups in total. The van der Waals surface area contributed by atoms with E-state index in [9.17, 15) is 0 Å². The van der Waals surface area contributed by atoms with Crippen molar-refractivity contribution >= 4 is 27.7 Å². The molecule has 88 valence electrons. The van der Waals surface area contributed by atoms with Gasteiger partial charge in [-0.15, -0.1) is 0 Å². The van der Waals surface area contributed by atoms with Crippen LogP contribution in [0.5, 0.6) is 0 Å². The first-order valence-electron chi connectivity index (χ1n) is 5.30. The SMILES string of the molecule is CC(N)c1ccc(Sc2ccc(Br)cn2)cc1. The normalized spacial score (nSPS) is 12.4. The van der Waals surface area contributed by atoms with Gasteiger partial charge in [-0.2, -0.15) is 0 Å². The first-order chi connectivity index (χ1) is 8.15. The van der Waals surface area contributed by atoms with E-state index in [4.69, 9.17) is 5.73 Å². The fourth-order valence-corrected chi connectivity index (χ4v) is 2.37. The molecule has 0 amide bonds. The molecule has 0 bridgehead atoms. The summed E-state index contributed by atoms with van der Waals surface area (Å²) in [6, 6.07) is 12.3. The number of rotatable bonds is 3. The third-order valence-corrected chi connectivity index (χ3v) is 3.76. The van der Waals surface area contributed by atoms with Gasteiger partial charge in [0, 0.05) is 21.6 Å². The molecule has 2 aromatic rings. The molecule has 0 saturated heterocycles. The van der Waals surface area contributed by atoms with Crippen LogP contribution in [-0.2, 0) is 0 Å². The minimum atomic E-state index is 0.0832. The molecule has 1 aromatic heterocycles. The van der Waals surface area contributed by atoms with Crippen LogP contribution < -0.4 is 5.73 Å². The van der Waals surface area contributed by atoms with Crippen molar-refractivity contribution in [3.63, 3.8) is 0 Å².